The molecule has 0 radical (unpaired) electrons. The minimum Gasteiger partial charge on any atom is -0.386 e. The van der Waals surface area contributed by atoms with Gasteiger partial charge in [0.05, 0.1) is 13.1 Å². The Hall–Kier alpha value is -0.610. The van der Waals surface area contributed by atoms with Crippen molar-refractivity contribution in [2.24, 2.45) is 5.92 Å². The molecule has 0 saturated carbocycles. The number of hydrogen-bond acceptors (Lipinski definition) is 3. The van der Waals surface area contributed by atoms with Crippen molar-refractivity contribution in [2.45, 2.75) is 44.8 Å². The van der Waals surface area contributed by atoms with Gasteiger partial charge in [-0.3, -0.25) is 4.79 Å². The number of β-amino-alcohol motifs (C(OH)–C–C–N with tert-alkyl or cyclic N) is 1. The summed E-state index contributed by atoms with van der Waals surface area (Å²) in [6.45, 7) is 7.38. The molecular formula is C12H21NO3. The van der Waals surface area contributed by atoms with Crippen LogP contribution < -0.4 is 0 Å². The summed E-state index contributed by atoms with van der Waals surface area (Å²) in [5.41, 5.74) is -1.33. The van der Waals surface area contributed by atoms with Crippen molar-refractivity contribution < 1.29 is 14.6 Å². The molecule has 1 N–H and O–H groups in total. The van der Waals surface area contributed by atoms with Gasteiger partial charge in [-0.15, -0.1) is 0 Å². The van der Waals surface area contributed by atoms with Gasteiger partial charge in [-0.05, 0) is 25.7 Å². The molecule has 16 heavy (non-hydrogen) atoms. The van der Waals surface area contributed by atoms with E-state index in [1.807, 2.05) is 20.8 Å². The summed E-state index contributed by atoms with van der Waals surface area (Å²) in [6.07, 6.45) is 1.74. The summed E-state index contributed by atoms with van der Waals surface area (Å²) in [5.74, 6) is 0.226. The maximum Gasteiger partial charge on any atom is 0.254 e. The summed E-state index contributed by atoms with van der Waals surface area (Å²) in [4.78, 5) is 13.9. The van der Waals surface area contributed by atoms with Gasteiger partial charge in [-0.1, -0.05) is 13.8 Å². The molecule has 1 amide bonds. The largest absolute Gasteiger partial charge is 0.386 e. The minimum atomic E-state index is -0.690. The number of nitrogens with zero attached hydrogens (tertiary/aromatic N) is 1. The molecule has 0 aromatic heterocycles. The van der Waals surface area contributed by atoms with Gasteiger partial charge < -0.3 is 14.7 Å². The number of hydrogen-bond donors (Lipinski definition) is 1. The van der Waals surface area contributed by atoms with Crippen LogP contribution in [0.15, 0.2) is 0 Å². The highest BCUT2D eigenvalue weighted by atomic mass is 16.5. The number of carbonyl (C=O) groups excluding carboxylic acids is 1. The highest BCUT2D eigenvalue weighted by Crippen LogP contribution is 2.34. The molecule has 2 aliphatic heterocycles. The van der Waals surface area contributed by atoms with E-state index in [0.29, 0.717) is 19.7 Å². The van der Waals surface area contributed by atoms with E-state index in [0.717, 1.165) is 12.8 Å². The van der Waals surface area contributed by atoms with E-state index >= 15 is 0 Å². The Labute approximate surface area is 96.6 Å². The van der Waals surface area contributed by atoms with E-state index in [2.05, 4.69) is 0 Å². The number of amides is 1. The number of rotatable bonds is 2. The van der Waals surface area contributed by atoms with Crippen LogP contribution in [-0.4, -0.2) is 46.8 Å². The first-order chi connectivity index (χ1) is 7.37. The van der Waals surface area contributed by atoms with E-state index in [4.69, 9.17) is 4.74 Å². The zero-order valence-electron chi connectivity index (χ0n) is 10.3. The van der Waals surface area contributed by atoms with Crippen LogP contribution in [0.1, 0.15) is 33.6 Å². The second-order valence-electron chi connectivity index (χ2n) is 5.60. The van der Waals surface area contributed by atoms with Crippen molar-refractivity contribution in [1.82, 2.24) is 4.90 Å². The van der Waals surface area contributed by atoms with Crippen molar-refractivity contribution in [3.8, 4) is 0 Å². The zero-order chi connectivity index (χ0) is 12.0. The Morgan fingerprint density at radius 3 is 2.50 bits per heavy atom. The van der Waals surface area contributed by atoms with E-state index < -0.39 is 11.2 Å². The van der Waals surface area contributed by atoms with E-state index in [1.165, 1.54) is 0 Å². The van der Waals surface area contributed by atoms with Gasteiger partial charge in [0.1, 0.15) is 11.2 Å². The van der Waals surface area contributed by atoms with E-state index in [-0.39, 0.29) is 11.8 Å². The first-order valence-electron chi connectivity index (χ1n) is 6.03. The SMILES string of the molecule is CC(C)C1(O)CN(C(=O)C2(C)CCCO2)C1. The lowest BCUT2D eigenvalue weighted by atomic mass is 9.82. The predicted octanol–water partition coefficient (Wildman–Crippen LogP) is 0.785. The summed E-state index contributed by atoms with van der Waals surface area (Å²) < 4.78 is 5.51. The molecule has 0 spiro atoms. The van der Waals surface area contributed by atoms with Gasteiger partial charge in [-0.25, -0.2) is 0 Å². The third kappa shape index (κ3) is 1.74. The second kappa shape index (κ2) is 3.70. The molecule has 4 nitrogen and oxygen atoms in total. The fourth-order valence-electron chi connectivity index (χ4n) is 2.41. The molecular weight excluding hydrogens is 206 g/mol. The molecule has 2 aliphatic rings. The lowest BCUT2D eigenvalue weighted by Crippen LogP contribution is -2.68. The van der Waals surface area contributed by atoms with Gasteiger partial charge in [0.25, 0.3) is 5.91 Å². The molecule has 1 unspecified atom stereocenters. The maximum absolute atomic E-state index is 12.1. The highest BCUT2D eigenvalue weighted by molar-refractivity contribution is 5.86. The second-order valence-corrected chi connectivity index (χ2v) is 5.60. The third-order valence-corrected chi connectivity index (χ3v) is 3.96. The predicted molar refractivity (Wildman–Crippen MR) is 60.0 cm³/mol. The normalized spacial score (nSPS) is 32.9. The average molecular weight is 227 g/mol. The van der Waals surface area contributed by atoms with Crippen LogP contribution in [0.2, 0.25) is 0 Å². The molecule has 4 heteroatoms. The third-order valence-electron chi connectivity index (χ3n) is 3.96. The summed E-state index contributed by atoms with van der Waals surface area (Å²) in [6, 6.07) is 0. The quantitative estimate of drug-likeness (QED) is 0.758. The van der Waals surface area contributed by atoms with Crippen LogP contribution in [0.25, 0.3) is 0 Å². The number of carbonyl (C=O) groups is 1. The smallest absolute Gasteiger partial charge is 0.254 e. The van der Waals surface area contributed by atoms with Gasteiger partial charge in [0, 0.05) is 6.61 Å². The fraction of sp³-hybridized carbons (Fsp3) is 0.917. The van der Waals surface area contributed by atoms with Gasteiger partial charge in [0.2, 0.25) is 0 Å². The van der Waals surface area contributed by atoms with Crippen molar-refractivity contribution >= 4 is 5.91 Å². The number of ether oxygens (including phenoxy) is 1. The summed E-state index contributed by atoms with van der Waals surface area (Å²) >= 11 is 0. The van der Waals surface area contributed by atoms with Gasteiger partial charge in [-0.2, -0.15) is 0 Å². The molecule has 92 valence electrons. The zero-order valence-corrected chi connectivity index (χ0v) is 10.3. The van der Waals surface area contributed by atoms with Crippen molar-refractivity contribution in [3.05, 3.63) is 0 Å². The molecule has 1 atom stereocenters. The van der Waals surface area contributed by atoms with Gasteiger partial charge >= 0.3 is 0 Å². The average Bonchev–Trinajstić information content (AvgIpc) is 2.60. The molecule has 2 rings (SSSR count). The van der Waals surface area contributed by atoms with E-state index in [9.17, 15) is 9.90 Å². The number of likely N-dealkylation sites (tertiary alicyclic amines) is 1. The van der Waals surface area contributed by atoms with Crippen LogP contribution in [0.5, 0.6) is 0 Å². The summed E-state index contributed by atoms with van der Waals surface area (Å²) in [7, 11) is 0. The Morgan fingerprint density at radius 1 is 1.44 bits per heavy atom. The first kappa shape index (κ1) is 11.9. The van der Waals surface area contributed by atoms with Crippen LogP contribution in [0, 0.1) is 5.92 Å². The van der Waals surface area contributed by atoms with Crippen molar-refractivity contribution in [3.63, 3.8) is 0 Å². The molecule has 0 aliphatic carbocycles. The topological polar surface area (TPSA) is 49.8 Å². The first-order valence-corrected chi connectivity index (χ1v) is 6.03. The highest BCUT2D eigenvalue weighted by Gasteiger charge is 2.51. The Kier molecular flexibility index (Phi) is 2.75. The molecule has 2 fully saturated rings. The lowest BCUT2D eigenvalue weighted by molar-refractivity contribution is -0.180. The van der Waals surface area contributed by atoms with Crippen molar-refractivity contribution in [1.29, 1.82) is 0 Å². The lowest BCUT2D eigenvalue weighted by Gasteiger charge is -2.50. The Bertz CT molecular complexity index is 289. The molecule has 0 bridgehead atoms. The minimum absolute atomic E-state index is 0.0373. The standard InChI is InChI=1S/C12H21NO3/c1-9(2)12(15)7-13(8-12)10(14)11(3)5-4-6-16-11/h9,15H,4-8H2,1-3H3. The molecule has 0 aromatic rings. The maximum atomic E-state index is 12.1. The fourth-order valence-corrected chi connectivity index (χ4v) is 2.41. The van der Waals surface area contributed by atoms with Crippen LogP contribution in [0.3, 0.4) is 0 Å². The van der Waals surface area contributed by atoms with Crippen molar-refractivity contribution in [2.75, 3.05) is 19.7 Å². The van der Waals surface area contributed by atoms with E-state index in [1.54, 1.807) is 4.90 Å². The monoisotopic (exact) mass is 227 g/mol. The van der Waals surface area contributed by atoms with Crippen LogP contribution >= 0.6 is 0 Å². The Morgan fingerprint density at radius 2 is 2.06 bits per heavy atom. The van der Waals surface area contributed by atoms with Crippen LogP contribution in [0.4, 0.5) is 0 Å². The Balaban J connectivity index is 1.95. The molecule has 2 heterocycles. The number of aliphatic hydroxyl groups is 1. The summed E-state index contributed by atoms with van der Waals surface area (Å²) in [5, 5.41) is 10.1. The molecule has 2 saturated heterocycles. The molecule has 0 aromatic carbocycles. The van der Waals surface area contributed by atoms with Crippen LogP contribution in [-0.2, 0) is 9.53 Å². The van der Waals surface area contributed by atoms with Gasteiger partial charge in [0.15, 0.2) is 0 Å².